The maximum absolute atomic E-state index is 6.16. The van der Waals surface area contributed by atoms with Gasteiger partial charge in [-0.3, -0.25) is 0 Å². The third-order valence-electron chi connectivity index (χ3n) is 5.07. The Morgan fingerprint density at radius 3 is 2.74 bits per heavy atom. The molecule has 1 heterocycles. The van der Waals surface area contributed by atoms with Gasteiger partial charge in [0.2, 0.25) is 0 Å². The molecular weight excluding hydrogens is 238 g/mol. The monoisotopic (exact) mass is 269 g/mol. The zero-order chi connectivity index (χ0) is 13.7. The summed E-state index contributed by atoms with van der Waals surface area (Å²) in [4.78, 5) is 0. The molecule has 1 aliphatic carbocycles. The summed E-state index contributed by atoms with van der Waals surface area (Å²) >= 11 is 0. The van der Waals surface area contributed by atoms with Crippen molar-refractivity contribution in [1.29, 1.82) is 0 Å². The lowest BCUT2D eigenvalue weighted by Crippen LogP contribution is -2.46. The molecule has 112 valence electrons. The summed E-state index contributed by atoms with van der Waals surface area (Å²) in [5.74, 6) is 0.754. The van der Waals surface area contributed by atoms with Gasteiger partial charge in [0.1, 0.15) is 0 Å². The molecule has 0 bridgehead atoms. The fourth-order valence-electron chi connectivity index (χ4n) is 3.94. The summed E-state index contributed by atoms with van der Waals surface area (Å²) in [6.07, 6.45) is 9.18. The van der Waals surface area contributed by atoms with Gasteiger partial charge in [-0.2, -0.15) is 0 Å². The molecule has 2 aliphatic rings. The lowest BCUT2D eigenvalue weighted by atomic mass is 9.79. The van der Waals surface area contributed by atoms with Crippen molar-refractivity contribution in [2.24, 2.45) is 5.92 Å². The normalized spacial score (nSPS) is 29.5. The van der Waals surface area contributed by atoms with Gasteiger partial charge in [0.25, 0.3) is 0 Å². The number of nitrogens with one attached hydrogen (secondary N) is 1. The van der Waals surface area contributed by atoms with Crippen molar-refractivity contribution in [1.82, 2.24) is 5.32 Å². The average Bonchev–Trinajstić information content (AvgIpc) is 2.86. The Kier molecular flexibility index (Phi) is 5.67. The quantitative estimate of drug-likeness (QED) is 0.803. The van der Waals surface area contributed by atoms with Gasteiger partial charge in [-0.15, -0.1) is 0 Å². The molecule has 0 aromatic heterocycles. The number of hydrogen-bond donors (Lipinski definition) is 1. The van der Waals surface area contributed by atoms with Gasteiger partial charge in [-0.1, -0.05) is 19.8 Å². The SMILES string of the molecule is CCNC(CC(C)OC)C1CCOC2(CCCC2)C1. The molecule has 1 aliphatic heterocycles. The molecule has 0 aromatic rings. The second-order valence-electron chi connectivity index (χ2n) is 6.44. The lowest BCUT2D eigenvalue weighted by Gasteiger charge is -2.42. The third-order valence-corrected chi connectivity index (χ3v) is 5.07. The molecule has 1 saturated carbocycles. The van der Waals surface area contributed by atoms with E-state index in [1.165, 1.54) is 38.5 Å². The van der Waals surface area contributed by atoms with E-state index < -0.39 is 0 Å². The van der Waals surface area contributed by atoms with Gasteiger partial charge in [-0.05, 0) is 51.5 Å². The minimum absolute atomic E-state index is 0.229. The minimum Gasteiger partial charge on any atom is -0.382 e. The number of rotatable bonds is 6. The molecule has 1 N–H and O–H groups in total. The van der Waals surface area contributed by atoms with Gasteiger partial charge in [0.05, 0.1) is 11.7 Å². The first-order chi connectivity index (χ1) is 9.19. The van der Waals surface area contributed by atoms with Crippen molar-refractivity contribution in [2.45, 2.75) is 76.5 Å². The lowest BCUT2D eigenvalue weighted by molar-refractivity contribution is -0.0999. The molecule has 3 nitrogen and oxygen atoms in total. The highest BCUT2D eigenvalue weighted by molar-refractivity contribution is 4.94. The van der Waals surface area contributed by atoms with E-state index >= 15 is 0 Å². The Bertz CT molecular complexity index is 263. The van der Waals surface area contributed by atoms with Crippen LogP contribution in [0.3, 0.4) is 0 Å². The van der Waals surface area contributed by atoms with E-state index in [-0.39, 0.29) is 5.60 Å². The zero-order valence-corrected chi connectivity index (χ0v) is 12.9. The van der Waals surface area contributed by atoms with E-state index in [4.69, 9.17) is 9.47 Å². The van der Waals surface area contributed by atoms with Crippen LogP contribution in [0.2, 0.25) is 0 Å². The number of hydrogen-bond acceptors (Lipinski definition) is 3. The second kappa shape index (κ2) is 7.05. The van der Waals surface area contributed by atoms with Crippen LogP contribution in [0.25, 0.3) is 0 Å². The van der Waals surface area contributed by atoms with Crippen LogP contribution in [0.1, 0.15) is 58.8 Å². The Morgan fingerprint density at radius 1 is 1.37 bits per heavy atom. The number of methoxy groups -OCH3 is 1. The van der Waals surface area contributed by atoms with Crippen LogP contribution in [-0.2, 0) is 9.47 Å². The molecule has 1 spiro atoms. The first-order valence-corrected chi connectivity index (χ1v) is 8.09. The largest absolute Gasteiger partial charge is 0.382 e. The fourth-order valence-corrected chi connectivity index (χ4v) is 3.94. The number of ether oxygens (including phenoxy) is 2. The molecule has 0 amide bonds. The molecule has 3 heteroatoms. The summed E-state index contributed by atoms with van der Waals surface area (Å²) in [7, 11) is 1.82. The summed E-state index contributed by atoms with van der Waals surface area (Å²) in [5, 5.41) is 3.69. The second-order valence-corrected chi connectivity index (χ2v) is 6.44. The van der Waals surface area contributed by atoms with Crippen molar-refractivity contribution < 1.29 is 9.47 Å². The summed E-state index contributed by atoms with van der Waals surface area (Å²) in [5.41, 5.74) is 0.229. The summed E-state index contributed by atoms with van der Waals surface area (Å²) < 4.78 is 11.6. The molecule has 2 rings (SSSR count). The molecular formula is C16H31NO2. The Morgan fingerprint density at radius 2 is 2.11 bits per heavy atom. The molecule has 3 atom stereocenters. The summed E-state index contributed by atoms with van der Waals surface area (Å²) in [6, 6.07) is 0.585. The van der Waals surface area contributed by atoms with E-state index in [1.54, 1.807) is 0 Å². The van der Waals surface area contributed by atoms with Crippen molar-refractivity contribution in [3.8, 4) is 0 Å². The van der Waals surface area contributed by atoms with Crippen LogP contribution < -0.4 is 5.32 Å². The van der Waals surface area contributed by atoms with Gasteiger partial charge < -0.3 is 14.8 Å². The van der Waals surface area contributed by atoms with Gasteiger partial charge in [-0.25, -0.2) is 0 Å². The van der Waals surface area contributed by atoms with E-state index in [0.29, 0.717) is 12.1 Å². The highest BCUT2D eigenvalue weighted by Crippen LogP contribution is 2.43. The van der Waals surface area contributed by atoms with Crippen molar-refractivity contribution in [2.75, 3.05) is 20.3 Å². The predicted molar refractivity (Wildman–Crippen MR) is 78.4 cm³/mol. The summed E-state index contributed by atoms with van der Waals surface area (Å²) in [6.45, 7) is 6.38. The van der Waals surface area contributed by atoms with Crippen LogP contribution in [0.5, 0.6) is 0 Å². The predicted octanol–water partition coefficient (Wildman–Crippen LogP) is 3.13. The molecule has 1 saturated heterocycles. The van der Waals surface area contributed by atoms with Crippen LogP contribution in [0, 0.1) is 5.92 Å². The maximum atomic E-state index is 6.16. The highest BCUT2D eigenvalue weighted by Gasteiger charge is 2.41. The average molecular weight is 269 g/mol. The van der Waals surface area contributed by atoms with E-state index in [2.05, 4.69) is 19.2 Å². The Labute approximate surface area is 118 Å². The van der Waals surface area contributed by atoms with Crippen LogP contribution in [0.4, 0.5) is 0 Å². The molecule has 3 unspecified atom stereocenters. The van der Waals surface area contributed by atoms with Crippen molar-refractivity contribution in [3.63, 3.8) is 0 Å². The maximum Gasteiger partial charge on any atom is 0.0685 e. The first kappa shape index (κ1) is 15.3. The Balaban J connectivity index is 1.95. The minimum atomic E-state index is 0.229. The zero-order valence-electron chi connectivity index (χ0n) is 12.9. The van der Waals surface area contributed by atoms with Gasteiger partial charge in [0.15, 0.2) is 0 Å². The fraction of sp³-hybridized carbons (Fsp3) is 1.00. The smallest absolute Gasteiger partial charge is 0.0685 e. The van der Waals surface area contributed by atoms with E-state index in [1.807, 2.05) is 7.11 Å². The van der Waals surface area contributed by atoms with Crippen molar-refractivity contribution >= 4 is 0 Å². The van der Waals surface area contributed by atoms with E-state index in [9.17, 15) is 0 Å². The third kappa shape index (κ3) is 3.93. The van der Waals surface area contributed by atoms with Gasteiger partial charge in [0, 0.05) is 19.8 Å². The van der Waals surface area contributed by atoms with Crippen LogP contribution in [-0.4, -0.2) is 38.0 Å². The first-order valence-electron chi connectivity index (χ1n) is 8.09. The molecule has 0 aromatic carbocycles. The van der Waals surface area contributed by atoms with Crippen LogP contribution in [0.15, 0.2) is 0 Å². The van der Waals surface area contributed by atoms with E-state index in [0.717, 1.165) is 25.5 Å². The Hall–Kier alpha value is -0.120. The van der Waals surface area contributed by atoms with Crippen molar-refractivity contribution in [3.05, 3.63) is 0 Å². The standard InChI is InChI=1S/C16H31NO2/c1-4-17-15(11-13(2)18-3)14-7-10-19-16(12-14)8-5-6-9-16/h13-15,17H,4-12H2,1-3H3. The molecule has 2 fully saturated rings. The van der Waals surface area contributed by atoms with Gasteiger partial charge >= 0.3 is 0 Å². The molecule has 0 radical (unpaired) electrons. The topological polar surface area (TPSA) is 30.5 Å². The molecule has 19 heavy (non-hydrogen) atoms. The highest BCUT2D eigenvalue weighted by atomic mass is 16.5. The van der Waals surface area contributed by atoms with Crippen LogP contribution >= 0.6 is 0 Å².